The van der Waals surface area contributed by atoms with Gasteiger partial charge < -0.3 is 9.75 Å². The molecule has 0 bridgehead atoms. The fourth-order valence-electron chi connectivity index (χ4n) is 1.56. The van der Waals surface area contributed by atoms with Gasteiger partial charge in [-0.25, -0.2) is 0 Å². The van der Waals surface area contributed by atoms with E-state index in [1.54, 1.807) is 38.2 Å². The fraction of sp³-hybridized carbons (Fsp3) is 0.385. The number of hydrogen-bond donors (Lipinski definition) is 0. The van der Waals surface area contributed by atoms with Crippen LogP contribution in [0, 0.1) is 10.1 Å². The van der Waals surface area contributed by atoms with Crippen molar-refractivity contribution in [2.24, 2.45) is 5.10 Å². The molecule has 0 saturated heterocycles. The van der Waals surface area contributed by atoms with Crippen molar-refractivity contribution in [3.05, 3.63) is 39.9 Å². The molecule has 0 N–H and O–H groups in total. The molecule has 0 fully saturated rings. The summed E-state index contributed by atoms with van der Waals surface area (Å²) in [6.45, 7) is 2.03. The molecule has 0 aliphatic carbocycles. The van der Waals surface area contributed by atoms with Crippen LogP contribution < -0.4 is 0 Å². The summed E-state index contributed by atoms with van der Waals surface area (Å²) in [5.74, 6) is -0.383. The van der Waals surface area contributed by atoms with Gasteiger partial charge in [0.2, 0.25) is 0 Å². The van der Waals surface area contributed by atoms with E-state index in [1.807, 2.05) is 0 Å². The van der Waals surface area contributed by atoms with Gasteiger partial charge in [0.25, 0.3) is 5.69 Å². The van der Waals surface area contributed by atoms with Crippen LogP contribution in [-0.2, 0) is 9.53 Å². The van der Waals surface area contributed by atoms with Crippen molar-refractivity contribution in [2.45, 2.75) is 13.3 Å². The van der Waals surface area contributed by atoms with Crippen molar-refractivity contribution < 1.29 is 14.5 Å². The Morgan fingerprint density at radius 1 is 1.35 bits per heavy atom. The maximum atomic E-state index is 11.6. The molecule has 1 rings (SSSR count). The van der Waals surface area contributed by atoms with Gasteiger partial charge >= 0.3 is 5.97 Å². The molecule has 0 amide bonds. The zero-order valence-corrected chi connectivity index (χ0v) is 11.7. The Bertz CT molecular complexity index is 509. The first kappa shape index (κ1) is 15.6. The molecule has 7 nitrogen and oxygen atoms in total. The minimum absolute atomic E-state index is 0.00547. The topological polar surface area (TPSA) is 85.0 Å². The van der Waals surface area contributed by atoms with Gasteiger partial charge in [0.15, 0.2) is 0 Å². The molecular formula is C13H17N3O4. The van der Waals surface area contributed by atoms with E-state index in [2.05, 4.69) is 5.10 Å². The molecule has 0 spiro atoms. The summed E-state index contributed by atoms with van der Waals surface area (Å²) in [6, 6.07) is 5.90. The van der Waals surface area contributed by atoms with Gasteiger partial charge in [-0.1, -0.05) is 0 Å². The number of hydrazone groups is 1. The van der Waals surface area contributed by atoms with Gasteiger partial charge in [0, 0.05) is 26.2 Å². The zero-order valence-electron chi connectivity index (χ0n) is 11.7. The molecule has 1 aromatic carbocycles. The molecule has 0 saturated carbocycles. The number of rotatable bonds is 6. The Labute approximate surface area is 117 Å². The molecule has 7 heteroatoms. The summed E-state index contributed by atoms with van der Waals surface area (Å²) in [7, 11) is 3.47. The Morgan fingerprint density at radius 2 is 1.95 bits per heavy atom. The van der Waals surface area contributed by atoms with Crippen LogP contribution in [-0.4, -0.2) is 42.3 Å². The largest absolute Gasteiger partial charge is 0.466 e. The smallest absolute Gasteiger partial charge is 0.311 e. The third-order valence-electron chi connectivity index (χ3n) is 2.35. The third-order valence-corrected chi connectivity index (χ3v) is 2.35. The van der Waals surface area contributed by atoms with Crippen LogP contribution in [0.4, 0.5) is 5.69 Å². The summed E-state index contributed by atoms with van der Waals surface area (Å²) < 4.78 is 4.89. The highest BCUT2D eigenvalue weighted by atomic mass is 16.6. The van der Waals surface area contributed by atoms with E-state index in [0.29, 0.717) is 17.9 Å². The maximum absolute atomic E-state index is 11.6. The molecule has 0 atom stereocenters. The number of carbonyl (C=O) groups is 1. The second kappa shape index (κ2) is 7.22. The lowest BCUT2D eigenvalue weighted by molar-refractivity contribution is -0.384. The summed E-state index contributed by atoms with van der Waals surface area (Å²) in [5.41, 5.74) is 1.15. The van der Waals surface area contributed by atoms with E-state index in [0.717, 1.165) is 0 Å². The first-order chi connectivity index (χ1) is 9.43. The number of hydrogen-bond acceptors (Lipinski definition) is 6. The highest BCUT2D eigenvalue weighted by molar-refractivity contribution is 6.09. The van der Waals surface area contributed by atoms with E-state index in [9.17, 15) is 14.9 Å². The van der Waals surface area contributed by atoms with Crippen molar-refractivity contribution in [2.75, 3.05) is 20.7 Å². The highest BCUT2D eigenvalue weighted by Crippen LogP contribution is 2.14. The molecule has 0 aliphatic heterocycles. The molecule has 0 heterocycles. The normalized spacial score (nSPS) is 11.1. The second-order valence-electron chi connectivity index (χ2n) is 4.18. The van der Waals surface area contributed by atoms with Crippen LogP contribution in [0.1, 0.15) is 18.9 Å². The summed E-state index contributed by atoms with van der Waals surface area (Å²) in [5, 5.41) is 16.4. The number of benzene rings is 1. The summed E-state index contributed by atoms with van der Waals surface area (Å²) in [4.78, 5) is 21.7. The lowest BCUT2D eigenvalue weighted by atomic mass is 10.1. The van der Waals surface area contributed by atoms with E-state index in [-0.39, 0.29) is 18.1 Å². The molecule has 20 heavy (non-hydrogen) atoms. The van der Waals surface area contributed by atoms with Crippen molar-refractivity contribution in [3.63, 3.8) is 0 Å². The predicted molar refractivity (Wildman–Crippen MR) is 74.6 cm³/mol. The molecular weight excluding hydrogens is 262 g/mol. The number of nitro benzene ring substituents is 1. The average molecular weight is 279 g/mol. The van der Waals surface area contributed by atoms with Gasteiger partial charge in [-0.2, -0.15) is 5.10 Å². The fourth-order valence-corrected chi connectivity index (χ4v) is 1.56. The van der Waals surface area contributed by atoms with E-state index in [4.69, 9.17) is 4.74 Å². The van der Waals surface area contributed by atoms with E-state index in [1.165, 1.54) is 12.1 Å². The molecule has 0 radical (unpaired) electrons. The Balaban J connectivity index is 2.99. The van der Waals surface area contributed by atoms with Crippen LogP contribution in [0.3, 0.4) is 0 Å². The lowest BCUT2D eigenvalue weighted by Crippen LogP contribution is -2.16. The Hall–Kier alpha value is -2.44. The van der Waals surface area contributed by atoms with Crippen LogP contribution >= 0.6 is 0 Å². The van der Waals surface area contributed by atoms with Crippen LogP contribution in [0.25, 0.3) is 0 Å². The van der Waals surface area contributed by atoms with Crippen LogP contribution in [0.2, 0.25) is 0 Å². The van der Waals surface area contributed by atoms with E-state index >= 15 is 0 Å². The van der Waals surface area contributed by atoms with Crippen molar-refractivity contribution in [1.82, 2.24) is 5.01 Å². The number of nitrogens with zero attached hydrogens (tertiary/aromatic N) is 3. The van der Waals surface area contributed by atoms with Gasteiger partial charge in [0.1, 0.15) is 0 Å². The summed E-state index contributed by atoms with van der Waals surface area (Å²) >= 11 is 0. The number of ether oxygens (including phenoxy) is 1. The zero-order chi connectivity index (χ0) is 15.1. The number of nitro groups is 1. The van der Waals surface area contributed by atoms with Crippen LogP contribution in [0.5, 0.6) is 0 Å². The highest BCUT2D eigenvalue weighted by Gasteiger charge is 2.13. The predicted octanol–water partition coefficient (Wildman–Crippen LogP) is 1.81. The number of non-ortho nitro benzene ring substituents is 1. The van der Waals surface area contributed by atoms with Crippen molar-refractivity contribution in [3.8, 4) is 0 Å². The number of esters is 1. The van der Waals surface area contributed by atoms with Gasteiger partial charge in [-0.05, 0) is 24.6 Å². The van der Waals surface area contributed by atoms with Gasteiger partial charge in [-0.3, -0.25) is 14.9 Å². The monoisotopic (exact) mass is 279 g/mol. The summed E-state index contributed by atoms with van der Waals surface area (Å²) in [6.07, 6.45) is 0.0177. The molecule has 0 aromatic heterocycles. The average Bonchev–Trinajstić information content (AvgIpc) is 2.38. The van der Waals surface area contributed by atoms with Crippen molar-refractivity contribution >= 4 is 17.4 Å². The third kappa shape index (κ3) is 4.68. The van der Waals surface area contributed by atoms with Gasteiger partial charge in [-0.15, -0.1) is 0 Å². The second-order valence-corrected chi connectivity index (χ2v) is 4.18. The first-order valence-corrected chi connectivity index (χ1v) is 6.09. The minimum Gasteiger partial charge on any atom is -0.466 e. The SMILES string of the molecule is CCOC(=O)C/C(=N\N(C)C)c1ccc([N+](=O)[O-])cc1. The standard InChI is InChI=1S/C13H17N3O4/c1-4-20-13(17)9-12(14-15(2)3)10-5-7-11(8-6-10)16(18)19/h5-8H,4,9H2,1-3H3/b14-12+. The number of carbonyl (C=O) groups excluding carboxylic acids is 1. The Morgan fingerprint density at radius 3 is 2.40 bits per heavy atom. The van der Waals surface area contributed by atoms with Crippen molar-refractivity contribution in [1.29, 1.82) is 0 Å². The first-order valence-electron chi connectivity index (χ1n) is 6.09. The minimum atomic E-state index is -0.474. The molecule has 108 valence electrons. The molecule has 0 aliphatic rings. The Kier molecular flexibility index (Phi) is 5.64. The quantitative estimate of drug-likeness (QED) is 0.343. The van der Waals surface area contributed by atoms with Gasteiger partial charge in [0.05, 0.1) is 23.7 Å². The lowest BCUT2D eigenvalue weighted by Gasteiger charge is -2.11. The van der Waals surface area contributed by atoms with Crippen LogP contribution in [0.15, 0.2) is 29.4 Å². The molecule has 0 unspecified atom stereocenters. The van der Waals surface area contributed by atoms with E-state index < -0.39 is 4.92 Å². The maximum Gasteiger partial charge on any atom is 0.311 e. The molecule has 1 aromatic rings.